The van der Waals surface area contributed by atoms with Gasteiger partial charge in [-0.2, -0.15) is 0 Å². The van der Waals surface area contributed by atoms with Gasteiger partial charge in [0.1, 0.15) is 12.1 Å². The van der Waals surface area contributed by atoms with Crippen molar-refractivity contribution < 1.29 is 14.4 Å². The SMILES string of the molecule is CCCC(=O)NC(C(=O)N1CCCC1C(=O)NCc1ccc(-c2scnc2C)cc1)C(C)(C)C. The van der Waals surface area contributed by atoms with Crippen molar-refractivity contribution >= 4 is 29.1 Å². The van der Waals surface area contributed by atoms with Crippen LogP contribution in [0, 0.1) is 12.3 Å². The molecule has 1 saturated heterocycles. The highest BCUT2D eigenvalue weighted by atomic mass is 32.1. The van der Waals surface area contributed by atoms with E-state index >= 15 is 0 Å². The molecule has 1 aliphatic heterocycles. The number of carbonyl (C=O) groups excluding carboxylic acids is 3. The number of rotatable bonds is 8. The monoisotopic (exact) mass is 484 g/mol. The molecule has 0 aliphatic carbocycles. The van der Waals surface area contributed by atoms with E-state index < -0.39 is 17.5 Å². The van der Waals surface area contributed by atoms with Crippen molar-refractivity contribution in [3.63, 3.8) is 0 Å². The molecular formula is C26H36N4O3S. The summed E-state index contributed by atoms with van der Waals surface area (Å²) in [5, 5.41) is 5.91. The number of nitrogens with zero attached hydrogens (tertiary/aromatic N) is 2. The van der Waals surface area contributed by atoms with Crippen LogP contribution < -0.4 is 10.6 Å². The van der Waals surface area contributed by atoms with Gasteiger partial charge < -0.3 is 15.5 Å². The summed E-state index contributed by atoms with van der Waals surface area (Å²) in [6.45, 7) is 10.7. The quantitative estimate of drug-likeness (QED) is 0.591. The van der Waals surface area contributed by atoms with E-state index in [1.807, 2.05) is 64.4 Å². The van der Waals surface area contributed by atoms with Gasteiger partial charge in [-0.05, 0) is 42.7 Å². The van der Waals surface area contributed by atoms with E-state index in [2.05, 4.69) is 15.6 Å². The van der Waals surface area contributed by atoms with Crippen LogP contribution in [0.2, 0.25) is 0 Å². The second kappa shape index (κ2) is 11.1. The molecule has 0 saturated carbocycles. The van der Waals surface area contributed by atoms with Crippen LogP contribution >= 0.6 is 11.3 Å². The van der Waals surface area contributed by atoms with Gasteiger partial charge in [0, 0.05) is 19.5 Å². The van der Waals surface area contributed by atoms with Crippen molar-refractivity contribution in [2.75, 3.05) is 6.54 Å². The van der Waals surface area contributed by atoms with Crippen LogP contribution in [0.4, 0.5) is 0 Å². The lowest BCUT2D eigenvalue weighted by Gasteiger charge is -2.35. The number of thiazole rings is 1. The summed E-state index contributed by atoms with van der Waals surface area (Å²) in [5.74, 6) is -0.465. The largest absolute Gasteiger partial charge is 0.350 e. The topological polar surface area (TPSA) is 91.4 Å². The van der Waals surface area contributed by atoms with Crippen LogP contribution in [-0.2, 0) is 20.9 Å². The molecule has 7 nitrogen and oxygen atoms in total. The zero-order valence-corrected chi connectivity index (χ0v) is 21.6. The number of aryl methyl sites for hydroxylation is 1. The average molecular weight is 485 g/mol. The molecule has 34 heavy (non-hydrogen) atoms. The predicted molar refractivity (Wildman–Crippen MR) is 135 cm³/mol. The van der Waals surface area contributed by atoms with Crippen LogP contribution in [0.5, 0.6) is 0 Å². The van der Waals surface area contributed by atoms with Crippen molar-refractivity contribution in [2.45, 2.75) is 78.9 Å². The molecule has 1 fully saturated rings. The maximum atomic E-state index is 13.4. The summed E-state index contributed by atoms with van der Waals surface area (Å²) >= 11 is 1.61. The van der Waals surface area contributed by atoms with E-state index in [0.29, 0.717) is 25.9 Å². The fourth-order valence-electron chi connectivity index (χ4n) is 4.24. The molecule has 2 aromatic rings. The minimum absolute atomic E-state index is 0.132. The molecule has 0 bridgehead atoms. The van der Waals surface area contributed by atoms with E-state index in [1.165, 1.54) is 0 Å². The molecule has 3 amide bonds. The van der Waals surface area contributed by atoms with Gasteiger partial charge in [0.05, 0.1) is 16.1 Å². The third kappa shape index (κ3) is 6.23. The van der Waals surface area contributed by atoms with Gasteiger partial charge in [-0.1, -0.05) is 52.0 Å². The summed E-state index contributed by atoms with van der Waals surface area (Å²) in [4.78, 5) is 45.8. The van der Waals surface area contributed by atoms with Crippen LogP contribution in [0.3, 0.4) is 0 Å². The van der Waals surface area contributed by atoms with Crippen LogP contribution in [0.1, 0.15) is 64.6 Å². The molecule has 3 rings (SSSR count). The molecule has 1 aromatic carbocycles. The maximum Gasteiger partial charge on any atom is 0.246 e. The maximum absolute atomic E-state index is 13.4. The number of aromatic nitrogens is 1. The summed E-state index contributed by atoms with van der Waals surface area (Å²) in [6.07, 6.45) is 2.50. The standard InChI is InChI=1S/C26H36N4O3S/c1-6-8-21(31)29-23(26(3,4)5)25(33)30-14-7-9-20(30)24(32)27-15-18-10-12-19(13-11-18)22-17(2)28-16-34-22/h10-13,16,20,23H,6-9,14-15H2,1-5H3,(H,27,32)(H,29,31). The number of hydrogen-bond donors (Lipinski definition) is 2. The lowest BCUT2D eigenvalue weighted by molar-refractivity contribution is -0.143. The smallest absolute Gasteiger partial charge is 0.246 e. The number of carbonyl (C=O) groups is 3. The van der Waals surface area contributed by atoms with E-state index in [-0.39, 0.29) is 17.7 Å². The fourth-order valence-corrected chi connectivity index (χ4v) is 5.05. The zero-order chi connectivity index (χ0) is 24.9. The number of benzene rings is 1. The Bertz CT molecular complexity index is 1010. The minimum atomic E-state index is -0.664. The normalized spacial score (nSPS) is 16.9. The first-order valence-electron chi connectivity index (χ1n) is 12.0. The third-order valence-electron chi connectivity index (χ3n) is 6.16. The highest BCUT2D eigenvalue weighted by Gasteiger charge is 2.41. The first-order valence-corrected chi connectivity index (χ1v) is 12.9. The van der Waals surface area contributed by atoms with Crippen molar-refractivity contribution in [1.82, 2.24) is 20.5 Å². The van der Waals surface area contributed by atoms with Crippen LogP contribution in [0.15, 0.2) is 29.8 Å². The van der Waals surface area contributed by atoms with Gasteiger partial charge in [-0.3, -0.25) is 14.4 Å². The van der Waals surface area contributed by atoms with Gasteiger partial charge in [0.2, 0.25) is 17.7 Å². The number of likely N-dealkylation sites (tertiary alicyclic amines) is 1. The second-order valence-electron chi connectivity index (χ2n) is 9.99. The molecule has 8 heteroatoms. The van der Waals surface area contributed by atoms with E-state index in [9.17, 15) is 14.4 Å². The summed E-state index contributed by atoms with van der Waals surface area (Å²) < 4.78 is 0. The van der Waals surface area contributed by atoms with Crippen LogP contribution in [-0.4, -0.2) is 46.2 Å². The Labute approximate surface area is 206 Å². The lowest BCUT2D eigenvalue weighted by atomic mass is 9.85. The molecule has 2 atom stereocenters. The Morgan fingerprint density at radius 3 is 2.50 bits per heavy atom. The first kappa shape index (κ1) is 25.9. The Kier molecular flexibility index (Phi) is 8.47. The molecule has 184 valence electrons. The van der Waals surface area contributed by atoms with Gasteiger partial charge in [-0.25, -0.2) is 4.98 Å². The minimum Gasteiger partial charge on any atom is -0.350 e. The summed E-state index contributed by atoms with van der Waals surface area (Å²) in [6, 6.07) is 6.92. The Morgan fingerprint density at radius 1 is 1.21 bits per heavy atom. The molecule has 1 aliphatic rings. The van der Waals surface area contributed by atoms with E-state index in [4.69, 9.17) is 0 Å². The van der Waals surface area contributed by atoms with Gasteiger partial charge >= 0.3 is 0 Å². The average Bonchev–Trinajstić information content (AvgIpc) is 3.44. The molecular weight excluding hydrogens is 448 g/mol. The Hall–Kier alpha value is -2.74. The number of nitrogens with one attached hydrogen (secondary N) is 2. The molecule has 0 spiro atoms. The molecule has 2 heterocycles. The number of amides is 3. The van der Waals surface area contributed by atoms with Crippen LogP contribution in [0.25, 0.3) is 10.4 Å². The van der Waals surface area contributed by atoms with Crippen molar-refractivity contribution in [3.8, 4) is 10.4 Å². The van der Waals surface area contributed by atoms with Gasteiger partial charge in [-0.15, -0.1) is 11.3 Å². The third-order valence-corrected chi connectivity index (χ3v) is 7.14. The fraction of sp³-hybridized carbons (Fsp3) is 0.538. The molecule has 1 aromatic heterocycles. The molecule has 0 radical (unpaired) electrons. The van der Waals surface area contributed by atoms with E-state index in [0.717, 1.165) is 34.5 Å². The van der Waals surface area contributed by atoms with Crippen molar-refractivity contribution in [3.05, 3.63) is 41.0 Å². The Balaban J connectivity index is 1.63. The zero-order valence-electron chi connectivity index (χ0n) is 20.8. The first-order chi connectivity index (χ1) is 16.1. The van der Waals surface area contributed by atoms with Gasteiger partial charge in [0.15, 0.2) is 0 Å². The number of hydrogen-bond acceptors (Lipinski definition) is 5. The molecule has 2 N–H and O–H groups in total. The second-order valence-corrected chi connectivity index (χ2v) is 10.8. The highest BCUT2D eigenvalue weighted by Crippen LogP contribution is 2.28. The highest BCUT2D eigenvalue weighted by molar-refractivity contribution is 7.13. The predicted octanol–water partition coefficient (Wildman–Crippen LogP) is 4.06. The summed E-state index contributed by atoms with van der Waals surface area (Å²) in [7, 11) is 0. The van der Waals surface area contributed by atoms with E-state index in [1.54, 1.807) is 16.2 Å². The van der Waals surface area contributed by atoms with Crippen molar-refractivity contribution in [1.29, 1.82) is 0 Å². The van der Waals surface area contributed by atoms with Gasteiger partial charge in [0.25, 0.3) is 0 Å². The lowest BCUT2D eigenvalue weighted by Crippen LogP contribution is -2.57. The Morgan fingerprint density at radius 2 is 1.91 bits per heavy atom. The summed E-state index contributed by atoms with van der Waals surface area (Å²) in [5.41, 5.74) is 4.50. The van der Waals surface area contributed by atoms with Crippen molar-refractivity contribution in [2.24, 2.45) is 5.41 Å². The molecule has 2 unspecified atom stereocenters.